The summed E-state index contributed by atoms with van der Waals surface area (Å²) in [5.74, 6) is 0.0462. The van der Waals surface area contributed by atoms with Gasteiger partial charge in [-0.2, -0.15) is 5.26 Å². The summed E-state index contributed by atoms with van der Waals surface area (Å²) in [6.45, 7) is 0.924. The van der Waals surface area contributed by atoms with Crippen molar-refractivity contribution in [2.24, 2.45) is 0 Å². The third-order valence-corrected chi connectivity index (χ3v) is 3.96. The highest BCUT2D eigenvalue weighted by Crippen LogP contribution is 2.28. The monoisotopic (exact) mass is 313 g/mol. The molecular formula is C17H16FN3O2. The van der Waals surface area contributed by atoms with Crippen LogP contribution in [0.1, 0.15) is 24.2 Å². The van der Waals surface area contributed by atoms with Gasteiger partial charge in [0.1, 0.15) is 17.6 Å². The smallest absolute Gasteiger partial charge is 0.243 e. The first-order chi connectivity index (χ1) is 11.2. The number of benzene rings is 1. The Morgan fingerprint density at radius 1 is 1.48 bits per heavy atom. The van der Waals surface area contributed by atoms with Gasteiger partial charge in [0.25, 0.3) is 0 Å². The fourth-order valence-corrected chi connectivity index (χ4v) is 2.84. The minimum absolute atomic E-state index is 0.150. The van der Waals surface area contributed by atoms with Crippen LogP contribution in [0.15, 0.2) is 41.0 Å². The number of hydrogen-bond donors (Lipinski definition) is 1. The molecule has 1 amide bonds. The zero-order valence-electron chi connectivity index (χ0n) is 12.5. The van der Waals surface area contributed by atoms with Crippen LogP contribution in [-0.4, -0.2) is 18.5 Å². The first-order valence-electron chi connectivity index (χ1n) is 7.45. The molecule has 1 fully saturated rings. The second-order valence-corrected chi connectivity index (χ2v) is 5.43. The molecule has 1 aromatic heterocycles. The summed E-state index contributed by atoms with van der Waals surface area (Å²) in [5.41, 5.74) is 0.629. The van der Waals surface area contributed by atoms with E-state index in [1.807, 2.05) is 6.07 Å². The number of halogens is 1. The van der Waals surface area contributed by atoms with Crippen molar-refractivity contribution < 1.29 is 13.6 Å². The lowest BCUT2D eigenvalue weighted by Crippen LogP contribution is -2.43. The fourth-order valence-electron chi connectivity index (χ4n) is 2.84. The fraction of sp³-hybridized carbons (Fsp3) is 0.294. The predicted molar refractivity (Wildman–Crippen MR) is 82.0 cm³/mol. The van der Waals surface area contributed by atoms with Gasteiger partial charge >= 0.3 is 0 Å². The number of nitrogens with one attached hydrogen (secondary N) is 1. The minimum atomic E-state index is -0.477. The standard InChI is InChI=1S/C17H16FN3O2/c18-14-9-12(10-19)5-6-15(14)21-7-1-4-16(21)17(22)20-11-13-3-2-8-23-13/h2-3,5-6,8-9,16H,1,4,7,11H2,(H,20,22)/t16-/m0/s1. The molecule has 1 saturated heterocycles. The highest BCUT2D eigenvalue weighted by atomic mass is 19.1. The maximum Gasteiger partial charge on any atom is 0.243 e. The Bertz CT molecular complexity index is 737. The summed E-state index contributed by atoms with van der Waals surface area (Å²) in [6.07, 6.45) is 3.04. The number of amides is 1. The number of nitriles is 1. The largest absolute Gasteiger partial charge is 0.467 e. The summed E-state index contributed by atoms with van der Waals surface area (Å²) in [4.78, 5) is 14.1. The predicted octanol–water partition coefficient (Wildman–Crippen LogP) is 2.58. The normalized spacial score (nSPS) is 17.0. The van der Waals surface area contributed by atoms with Gasteiger partial charge in [-0.1, -0.05) is 0 Å². The molecule has 5 nitrogen and oxygen atoms in total. The highest BCUT2D eigenvalue weighted by molar-refractivity contribution is 5.85. The summed E-state index contributed by atoms with van der Waals surface area (Å²) < 4.78 is 19.4. The van der Waals surface area contributed by atoms with Crippen molar-refractivity contribution in [3.63, 3.8) is 0 Å². The molecule has 1 aliphatic heterocycles. The van der Waals surface area contributed by atoms with Crippen LogP contribution in [0.2, 0.25) is 0 Å². The summed E-state index contributed by atoms with van der Waals surface area (Å²) in [5, 5.41) is 11.6. The Morgan fingerprint density at radius 3 is 3.04 bits per heavy atom. The zero-order chi connectivity index (χ0) is 16.2. The molecule has 0 saturated carbocycles. The summed E-state index contributed by atoms with van der Waals surface area (Å²) >= 11 is 0. The number of furan rings is 1. The van der Waals surface area contributed by atoms with Crippen molar-refractivity contribution in [3.05, 3.63) is 53.7 Å². The lowest BCUT2D eigenvalue weighted by atomic mass is 10.1. The van der Waals surface area contributed by atoms with Crippen LogP contribution in [0.3, 0.4) is 0 Å². The number of carbonyl (C=O) groups is 1. The van der Waals surface area contributed by atoms with Crippen LogP contribution >= 0.6 is 0 Å². The van der Waals surface area contributed by atoms with Crippen LogP contribution in [0, 0.1) is 17.1 Å². The minimum Gasteiger partial charge on any atom is -0.467 e. The van der Waals surface area contributed by atoms with Crippen LogP contribution in [0.4, 0.5) is 10.1 Å². The van der Waals surface area contributed by atoms with E-state index in [2.05, 4.69) is 5.32 Å². The van der Waals surface area contributed by atoms with Crippen molar-refractivity contribution in [1.82, 2.24) is 5.32 Å². The molecule has 0 spiro atoms. The summed E-state index contributed by atoms with van der Waals surface area (Å²) in [6, 6.07) is 9.37. The van der Waals surface area contributed by atoms with E-state index in [1.165, 1.54) is 6.07 Å². The Hall–Kier alpha value is -2.81. The van der Waals surface area contributed by atoms with Gasteiger partial charge in [0.15, 0.2) is 0 Å². The van der Waals surface area contributed by atoms with Crippen LogP contribution in [0.25, 0.3) is 0 Å². The molecule has 3 rings (SSSR count). The van der Waals surface area contributed by atoms with Gasteiger partial charge in [-0.25, -0.2) is 4.39 Å². The van der Waals surface area contributed by atoms with Gasteiger partial charge in [-0.15, -0.1) is 0 Å². The Balaban J connectivity index is 1.72. The van der Waals surface area contributed by atoms with E-state index in [1.54, 1.807) is 35.4 Å². The van der Waals surface area contributed by atoms with Gasteiger partial charge < -0.3 is 14.6 Å². The topological polar surface area (TPSA) is 69.3 Å². The van der Waals surface area contributed by atoms with E-state index in [0.29, 0.717) is 31.0 Å². The van der Waals surface area contributed by atoms with Crippen molar-refractivity contribution in [2.75, 3.05) is 11.4 Å². The average Bonchev–Trinajstić information content (AvgIpc) is 3.24. The molecule has 1 aromatic carbocycles. The molecule has 0 radical (unpaired) electrons. The van der Waals surface area contributed by atoms with Crippen LogP contribution < -0.4 is 10.2 Å². The SMILES string of the molecule is N#Cc1ccc(N2CCC[C@H]2C(=O)NCc2ccco2)c(F)c1. The first kappa shape index (κ1) is 15.1. The molecule has 1 N–H and O–H groups in total. The van der Waals surface area contributed by atoms with Crippen LogP contribution in [0.5, 0.6) is 0 Å². The lowest BCUT2D eigenvalue weighted by molar-refractivity contribution is -0.122. The van der Waals surface area contributed by atoms with E-state index >= 15 is 0 Å². The maximum absolute atomic E-state index is 14.2. The molecular weight excluding hydrogens is 297 g/mol. The molecule has 1 atom stereocenters. The molecule has 118 valence electrons. The number of hydrogen-bond acceptors (Lipinski definition) is 4. The van der Waals surface area contributed by atoms with Gasteiger partial charge in [0.2, 0.25) is 5.91 Å². The Labute approximate surface area is 133 Å². The van der Waals surface area contributed by atoms with E-state index in [9.17, 15) is 9.18 Å². The van der Waals surface area contributed by atoms with Gasteiger partial charge in [-0.3, -0.25) is 4.79 Å². The number of nitrogens with zero attached hydrogens (tertiary/aromatic N) is 2. The van der Waals surface area contributed by atoms with E-state index in [-0.39, 0.29) is 11.5 Å². The van der Waals surface area contributed by atoms with E-state index < -0.39 is 11.9 Å². The van der Waals surface area contributed by atoms with Crippen molar-refractivity contribution >= 4 is 11.6 Å². The van der Waals surface area contributed by atoms with Crippen molar-refractivity contribution in [3.8, 4) is 6.07 Å². The molecule has 2 aromatic rings. The van der Waals surface area contributed by atoms with E-state index in [0.717, 1.165) is 6.42 Å². The molecule has 0 bridgehead atoms. The third-order valence-electron chi connectivity index (χ3n) is 3.96. The zero-order valence-corrected chi connectivity index (χ0v) is 12.5. The third kappa shape index (κ3) is 3.19. The summed E-state index contributed by atoms with van der Waals surface area (Å²) in [7, 11) is 0. The Kier molecular flexibility index (Phi) is 4.29. The molecule has 2 heterocycles. The number of rotatable bonds is 4. The maximum atomic E-state index is 14.2. The van der Waals surface area contributed by atoms with Crippen LogP contribution in [-0.2, 0) is 11.3 Å². The number of carbonyl (C=O) groups excluding carboxylic acids is 1. The lowest BCUT2D eigenvalue weighted by Gasteiger charge is -2.26. The second kappa shape index (κ2) is 6.53. The molecule has 1 aliphatic rings. The van der Waals surface area contributed by atoms with Gasteiger partial charge in [0.05, 0.1) is 30.1 Å². The van der Waals surface area contributed by atoms with Crippen molar-refractivity contribution in [2.45, 2.75) is 25.4 Å². The molecule has 0 aliphatic carbocycles. The first-order valence-corrected chi connectivity index (χ1v) is 7.45. The van der Waals surface area contributed by atoms with Crippen molar-refractivity contribution in [1.29, 1.82) is 5.26 Å². The van der Waals surface area contributed by atoms with E-state index in [4.69, 9.17) is 9.68 Å². The second-order valence-electron chi connectivity index (χ2n) is 5.43. The van der Waals surface area contributed by atoms with Gasteiger partial charge in [-0.05, 0) is 43.2 Å². The highest BCUT2D eigenvalue weighted by Gasteiger charge is 2.32. The number of anilines is 1. The average molecular weight is 313 g/mol. The quantitative estimate of drug-likeness (QED) is 0.942. The Morgan fingerprint density at radius 2 is 2.35 bits per heavy atom. The van der Waals surface area contributed by atoms with Gasteiger partial charge in [0, 0.05) is 6.54 Å². The molecule has 6 heteroatoms. The molecule has 23 heavy (non-hydrogen) atoms. The molecule has 0 unspecified atom stereocenters.